The molecular weight excluding hydrogens is 228 g/mol. The van der Waals surface area contributed by atoms with Crippen molar-refractivity contribution in [2.75, 3.05) is 5.73 Å². The molecule has 0 unspecified atom stereocenters. The Bertz CT molecular complexity index is 502. The summed E-state index contributed by atoms with van der Waals surface area (Å²) in [5.41, 5.74) is 6.27. The zero-order valence-electron chi connectivity index (χ0n) is 8.68. The molecule has 0 radical (unpaired) electrons. The Morgan fingerprint density at radius 3 is 2.47 bits per heavy atom. The van der Waals surface area contributed by atoms with Gasteiger partial charge in [0.25, 0.3) is 0 Å². The van der Waals surface area contributed by atoms with E-state index in [2.05, 4.69) is 14.9 Å². The molecule has 2 N–H and O–H groups in total. The zero-order valence-corrected chi connectivity index (χ0v) is 8.68. The van der Waals surface area contributed by atoms with Gasteiger partial charge in [0.15, 0.2) is 0 Å². The summed E-state index contributed by atoms with van der Waals surface area (Å²) in [6, 6.07) is 9.51. The van der Waals surface area contributed by atoms with Gasteiger partial charge in [0, 0.05) is 5.56 Å². The first-order valence-corrected chi connectivity index (χ1v) is 4.80. The van der Waals surface area contributed by atoms with Crippen molar-refractivity contribution in [1.82, 2.24) is 10.2 Å². The summed E-state index contributed by atoms with van der Waals surface area (Å²) in [7, 11) is 0. The maximum Gasteiger partial charge on any atom is 0.387 e. The van der Waals surface area contributed by atoms with Gasteiger partial charge in [-0.3, -0.25) is 0 Å². The number of rotatable bonds is 3. The molecule has 1 heterocycles. The number of nitrogen functional groups attached to an aromatic ring is 1. The number of aromatic nitrogens is 2. The molecule has 0 amide bonds. The molecule has 6 heteroatoms. The summed E-state index contributed by atoms with van der Waals surface area (Å²) in [4.78, 5) is 0. The molecule has 17 heavy (non-hydrogen) atoms. The second-order valence-electron chi connectivity index (χ2n) is 3.22. The minimum absolute atomic E-state index is 0.0570. The molecule has 0 fully saturated rings. The Morgan fingerprint density at radius 1 is 1.06 bits per heavy atom. The standard InChI is InChI=1S/C11H9F2N3O/c12-11(13)17-9-4-2-1-3-7(9)8-5-6-10(14)16-15-8/h1-6,11H,(H2,14,16). The van der Waals surface area contributed by atoms with Crippen LogP contribution in [0.4, 0.5) is 14.6 Å². The molecule has 0 spiro atoms. The molecular formula is C11H9F2N3O. The highest BCUT2D eigenvalue weighted by atomic mass is 19.3. The molecule has 0 bridgehead atoms. The van der Waals surface area contributed by atoms with Gasteiger partial charge in [-0.25, -0.2) is 0 Å². The molecule has 0 aliphatic rings. The summed E-state index contributed by atoms with van der Waals surface area (Å²) in [5.74, 6) is 0.322. The molecule has 0 aliphatic heterocycles. The molecule has 1 aromatic heterocycles. The topological polar surface area (TPSA) is 61.0 Å². The van der Waals surface area contributed by atoms with E-state index >= 15 is 0 Å². The van der Waals surface area contributed by atoms with Crippen molar-refractivity contribution in [3.05, 3.63) is 36.4 Å². The molecule has 88 valence electrons. The van der Waals surface area contributed by atoms with E-state index < -0.39 is 6.61 Å². The fourth-order valence-electron chi connectivity index (χ4n) is 1.36. The third kappa shape index (κ3) is 2.66. The lowest BCUT2D eigenvalue weighted by Gasteiger charge is -2.09. The minimum atomic E-state index is -2.88. The van der Waals surface area contributed by atoms with Crippen molar-refractivity contribution < 1.29 is 13.5 Å². The predicted molar refractivity (Wildman–Crippen MR) is 58.5 cm³/mol. The van der Waals surface area contributed by atoms with Crippen molar-refractivity contribution in [2.45, 2.75) is 6.61 Å². The highest BCUT2D eigenvalue weighted by Gasteiger charge is 2.11. The fourth-order valence-corrected chi connectivity index (χ4v) is 1.36. The van der Waals surface area contributed by atoms with Crippen LogP contribution < -0.4 is 10.5 Å². The van der Waals surface area contributed by atoms with Gasteiger partial charge in [-0.2, -0.15) is 8.78 Å². The molecule has 0 saturated carbocycles. The van der Waals surface area contributed by atoms with Crippen LogP contribution in [0.3, 0.4) is 0 Å². The van der Waals surface area contributed by atoms with E-state index in [1.165, 1.54) is 6.07 Å². The van der Waals surface area contributed by atoms with Crippen molar-refractivity contribution in [2.24, 2.45) is 0 Å². The van der Waals surface area contributed by atoms with Crippen LogP contribution in [0, 0.1) is 0 Å². The molecule has 4 nitrogen and oxygen atoms in total. The van der Waals surface area contributed by atoms with Crippen molar-refractivity contribution in [3.63, 3.8) is 0 Å². The predicted octanol–water partition coefficient (Wildman–Crippen LogP) is 2.33. The van der Waals surface area contributed by atoms with Crippen molar-refractivity contribution in [1.29, 1.82) is 0 Å². The van der Waals surface area contributed by atoms with Gasteiger partial charge in [-0.05, 0) is 24.3 Å². The van der Waals surface area contributed by atoms with Crippen LogP contribution in [-0.4, -0.2) is 16.8 Å². The van der Waals surface area contributed by atoms with E-state index in [0.29, 0.717) is 11.3 Å². The van der Waals surface area contributed by atoms with Crippen LogP contribution >= 0.6 is 0 Å². The summed E-state index contributed by atoms with van der Waals surface area (Å²) in [6.07, 6.45) is 0. The van der Waals surface area contributed by atoms with Gasteiger partial charge in [0.1, 0.15) is 11.6 Å². The second kappa shape index (κ2) is 4.73. The van der Waals surface area contributed by atoms with Gasteiger partial charge in [-0.1, -0.05) is 12.1 Å². The quantitative estimate of drug-likeness (QED) is 0.889. The van der Waals surface area contributed by atoms with Gasteiger partial charge >= 0.3 is 6.61 Å². The largest absolute Gasteiger partial charge is 0.434 e. The van der Waals surface area contributed by atoms with Crippen LogP contribution in [0.25, 0.3) is 11.3 Å². The van der Waals surface area contributed by atoms with Crippen molar-refractivity contribution >= 4 is 5.82 Å². The number of hydrogen-bond acceptors (Lipinski definition) is 4. The highest BCUT2D eigenvalue weighted by molar-refractivity contribution is 5.67. The normalized spacial score (nSPS) is 10.5. The monoisotopic (exact) mass is 237 g/mol. The van der Waals surface area contributed by atoms with Gasteiger partial charge < -0.3 is 10.5 Å². The Kier molecular flexibility index (Phi) is 3.13. The van der Waals surface area contributed by atoms with Gasteiger partial charge in [-0.15, -0.1) is 10.2 Å². The Labute approximate surface area is 96.0 Å². The lowest BCUT2D eigenvalue weighted by molar-refractivity contribution is -0.0494. The second-order valence-corrected chi connectivity index (χ2v) is 3.22. The smallest absolute Gasteiger partial charge is 0.387 e. The number of hydrogen-bond donors (Lipinski definition) is 1. The summed E-state index contributed by atoms with van der Waals surface area (Å²) in [6.45, 7) is -2.88. The summed E-state index contributed by atoms with van der Waals surface area (Å²) >= 11 is 0. The fraction of sp³-hybridized carbons (Fsp3) is 0.0909. The van der Waals surface area contributed by atoms with Gasteiger partial charge in [0.05, 0.1) is 5.69 Å². The average Bonchev–Trinajstić information content (AvgIpc) is 2.30. The number of anilines is 1. The number of ether oxygens (including phenoxy) is 1. The van der Waals surface area contributed by atoms with E-state index in [4.69, 9.17) is 5.73 Å². The maximum absolute atomic E-state index is 12.2. The first kappa shape index (κ1) is 11.3. The molecule has 2 aromatic rings. The van der Waals surface area contributed by atoms with E-state index in [-0.39, 0.29) is 11.6 Å². The van der Waals surface area contributed by atoms with Crippen LogP contribution in [0.2, 0.25) is 0 Å². The minimum Gasteiger partial charge on any atom is -0.434 e. The number of nitrogens with zero attached hydrogens (tertiary/aromatic N) is 2. The zero-order chi connectivity index (χ0) is 12.3. The third-order valence-electron chi connectivity index (χ3n) is 2.06. The average molecular weight is 237 g/mol. The van der Waals surface area contributed by atoms with E-state index in [0.717, 1.165) is 0 Å². The molecule has 0 saturated heterocycles. The summed E-state index contributed by atoms with van der Waals surface area (Å²) in [5, 5.41) is 7.48. The van der Waals surface area contributed by atoms with E-state index in [1.807, 2.05) is 0 Å². The first-order valence-electron chi connectivity index (χ1n) is 4.80. The lowest BCUT2D eigenvalue weighted by Crippen LogP contribution is -2.03. The number of para-hydroxylation sites is 1. The van der Waals surface area contributed by atoms with Crippen molar-refractivity contribution in [3.8, 4) is 17.0 Å². The molecule has 0 atom stereocenters. The van der Waals surface area contributed by atoms with E-state index in [1.54, 1.807) is 30.3 Å². The molecule has 2 rings (SSSR count). The summed E-state index contributed by atoms with van der Waals surface area (Å²) < 4.78 is 28.8. The number of halogens is 2. The number of nitrogens with two attached hydrogens (primary N) is 1. The van der Waals surface area contributed by atoms with Crippen LogP contribution in [0.1, 0.15) is 0 Å². The molecule has 0 aliphatic carbocycles. The number of alkyl halides is 2. The Balaban J connectivity index is 2.40. The third-order valence-corrected chi connectivity index (χ3v) is 2.06. The van der Waals surface area contributed by atoms with Gasteiger partial charge in [0.2, 0.25) is 0 Å². The lowest BCUT2D eigenvalue weighted by atomic mass is 10.1. The SMILES string of the molecule is Nc1ccc(-c2ccccc2OC(F)F)nn1. The highest BCUT2D eigenvalue weighted by Crippen LogP contribution is 2.29. The maximum atomic E-state index is 12.2. The Morgan fingerprint density at radius 2 is 1.82 bits per heavy atom. The molecule has 1 aromatic carbocycles. The first-order chi connectivity index (χ1) is 8.16. The van der Waals surface area contributed by atoms with Crippen LogP contribution in [0.5, 0.6) is 5.75 Å². The van der Waals surface area contributed by atoms with Crippen LogP contribution in [-0.2, 0) is 0 Å². The number of benzene rings is 1. The Hall–Kier alpha value is -2.24. The van der Waals surface area contributed by atoms with E-state index in [9.17, 15) is 8.78 Å². The van der Waals surface area contributed by atoms with Crippen LogP contribution in [0.15, 0.2) is 36.4 Å².